The van der Waals surface area contributed by atoms with E-state index in [1.54, 1.807) is 25.2 Å². The summed E-state index contributed by atoms with van der Waals surface area (Å²) < 4.78 is 0. The zero-order valence-corrected chi connectivity index (χ0v) is 11.1. The number of imidazole rings is 1. The molecule has 0 aliphatic carbocycles. The topological polar surface area (TPSA) is 48.9 Å². The molecular weight excluding hydrogens is 244 g/mol. The second kappa shape index (κ2) is 3.93. The molecule has 3 rings (SSSR count). The van der Waals surface area contributed by atoms with Crippen LogP contribution in [-0.2, 0) is 5.60 Å². The number of rotatable bonds is 2. The fraction of sp³-hybridized carbons (Fsp3) is 0.214. The number of H-pyrrole nitrogens is 1. The number of hydrogen-bond acceptors (Lipinski definition) is 3. The Hall–Kier alpha value is -1.65. The molecular formula is C14H14N2OS. The van der Waals surface area contributed by atoms with Gasteiger partial charge in [0.05, 0.1) is 21.5 Å². The first-order valence-electron chi connectivity index (χ1n) is 5.80. The molecule has 1 aromatic carbocycles. The van der Waals surface area contributed by atoms with Crippen LogP contribution in [0.2, 0.25) is 0 Å². The number of aromatic amines is 1. The van der Waals surface area contributed by atoms with Gasteiger partial charge in [-0.2, -0.15) is 0 Å². The zero-order valence-electron chi connectivity index (χ0n) is 10.3. The number of aliphatic hydroxyl groups is 1. The van der Waals surface area contributed by atoms with E-state index >= 15 is 0 Å². The first kappa shape index (κ1) is 11.4. The zero-order chi connectivity index (χ0) is 12.8. The molecule has 2 heterocycles. The number of nitrogens with one attached hydrogen (secondary N) is 1. The van der Waals surface area contributed by atoms with E-state index in [2.05, 4.69) is 9.97 Å². The highest BCUT2D eigenvalue weighted by atomic mass is 32.1. The van der Waals surface area contributed by atoms with Crippen molar-refractivity contribution < 1.29 is 5.11 Å². The summed E-state index contributed by atoms with van der Waals surface area (Å²) in [4.78, 5) is 8.97. The molecule has 0 unspecified atom stereocenters. The molecule has 0 amide bonds. The predicted octanol–water partition coefficient (Wildman–Crippen LogP) is 3.52. The van der Waals surface area contributed by atoms with Crippen molar-refractivity contribution in [2.75, 3.05) is 0 Å². The van der Waals surface area contributed by atoms with Gasteiger partial charge in [-0.05, 0) is 43.0 Å². The fourth-order valence-electron chi connectivity index (χ4n) is 1.92. The van der Waals surface area contributed by atoms with Gasteiger partial charge in [-0.15, -0.1) is 11.3 Å². The van der Waals surface area contributed by atoms with Crippen molar-refractivity contribution >= 4 is 22.4 Å². The first-order chi connectivity index (χ1) is 8.54. The summed E-state index contributed by atoms with van der Waals surface area (Å²) in [6.45, 7) is 3.56. The van der Waals surface area contributed by atoms with Crippen LogP contribution >= 0.6 is 11.3 Å². The van der Waals surface area contributed by atoms with Gasteiger partial charge < -0.3 is 10.1 Å². The van der Waals surface area contributed by atoms with Gasteiger partial charge in [-0.1, -0.05) is 12.1 Å². The third-order valence-electron chi connectivity index (χ3n) is 2.94. The van der Waals surface area contributed by atoms with E-state index in [1.807, 2.05) is 35.7 Å². The lowest BCUT2D eigenvalue weighted by atomic mass is 9.98. The lowest BCUT2D eigenvalue weighted by Gasteiger charge is -2.17. The van der Waals surface area contributed by atoms with Gasteiger partial charge in [0, 0.05) is 0 Å². The number of aromatic nitrogens is 2. The van der Waals surface area contributed by atoms with Crippen molar-refractivity contribution in [2.24, 2.45) is 0 Å². The molecule has 0 saturated carbocycles. The Bertz CT molecular complexity index is 677. The Morgan fingerprint density at radius 2 is 2.11 bits per heavy atom. The third-order valence-corrected chi connectivity index (χ3v) is 3.82. The number of nitrogens with zero attached hydrogens (tertiary/aromatic N) is 1. The fourth-order valence-corrected chi connectivity index (χ4v) is 2.59. The molecule has 4 heteroatoms. The number of benzene rings is 1. The first-order valence-corrected chi connectivity index (χ1v) is 6.68. The quantitative estimate of drug-likeness (QED) is 0.739. The summed E-state index contributed by atoms with van der Waals surface area (Å²) in [5, 5.41) is 12.0. The average molecular weight is 258 g/mol. The van der Waals surface area contributed by atoms with E-state index in [9.17, 15) is 5.11 Å². The van der Waals surface area contributed by atoms with E-state index in [1.165, 1.54) is 0 Å². The summed E-state index contributed by atoms with van der Waals surface area (Å²) in [6, 6.07) is 9.87. The van der Waals surface area contributed by atoms with Gasteiger partial charge >= 0.3 is 0 Å². The van der Waals surface area contributed by atoms with Gasteiger partial charge in [0.2, 0.25) is 0 Å². The molecule has 2 aromatic heterocycles. The van der Waals surface area contributed by atoms with E-state index < -0.39 is 5.60 Å². The van der Waals surface area contributed by atoms with Crippen LogP contribution in [0.4, 0.5) is 0 Å². The number of fused-ring (bicyclic) bond motifs is 1. The van der Waals surface area contributed by atoms with E-state index in [0.717, 1.165) is 27.3 Å². The van der Waals surface area contributed by atoms with E-state index in [4.69, 9.17) is 0 Å². The molecule has 0 bridgehead atoms. The maximum absolute atomic E-state index is 10.0. The second-order valence-electron chi connectivity index (χ2n) is 4.85. The van der Waals surface area contributed by atoms with Gasteiger partial charge in [-0.25, -0.2) is 4.98 Å². The molecule has 92 valence electrons. The van der Waals surface area contributed by atoms with Crippen LogP contribution in [0, 0.1) is 0 Å². The molecule has 3 nitrogen and oxygen atoms in total. The van der Waals surface area contributed by atoms with Gasteiger partial charge in [0.1, 0.15) is 5.82 Å². The average Bonchev–Trinajstić information content (AvgIpc) is 2.95. The van der Waals surface area contributed by atoms with Crippen LogP contribution in [0.5, 0.6) is 0 Å². The SMILES string of the molecule is CC(C)(O)c1ccc2nc(-c3cccs3)[nH]c2c1. The highest BCUT2D eigenvalue weighted by Gasteiger charge is 2.17. The van der Waals surface area contributed by atoms with Crippen molar-refractivity contribution in [1.29, 1.82) is 0 Å². The minimum atomic E-state index is -0.831. The monoisotopic (exact) mass is 258 g/mol. The highest BCUT2D eigenvalue weighted by Crippen LogP contribution is 2.27. The lowest BCUT2D eigenvalue weighted by molar-refractivity contribution is 0.0787. The van der Waals surface area contributed by atoms with Gasteiger partial charge in [0.25, 0.3) is 0 Å². The standard InChI is InChI=1S/C14H14N2OS/c1-14(2,17)9-5-6-10-11(8-9)16-13(15-10)12-4-3-7-18-12/h3-8,17H,1-2H3,(H,15,16). The molecule has 0 aliphatic heterocycles. The molecule has 0 spiro atoms. The lowest BCUT2D eigenvalue weighted by Crippen LogP contribution is -2.14. The van der Waals surface area contributed by atoms with Gasteiger partial charge in [0.15, 0.2) is 0 Å². The van der Waals surface area contributed by atoms with Crippen LogP contribution in [-0.4, -0.2) is 15.1 Å². The highest BCUT2D eigenvalue weighted by molar-refractivity contribution is 7.13. The minimum absolute atomic E-state index is 0.831. The Morgan fingerprint density at radius 1 is 1.28 bits per heavy atom. The normalized spacial score (nSPS) is 12.2. The summed E-state index contributed by atoms with van der Waals surface area (Å²) in [5.41, 5.74) is 1.93. The summed E-state index contributed by atoms with van der Waals surface area (Å²) in [5.74, 6) is 0.882. The molecule has 0 fully saturated rings. The van der Waals surface area contributed by atoms with E-state index in [0.29, 0.717) is 0 Å². The van der Waals surface area contributed by atoms with Crippen molar-refractivity contribution in [1.82, 2.24) is 9.97 Å². The van der Waals surface area contributed by atoms with Crippen LogP contribution in [0.25, 0.3) is 21.7 Å². The Morgan fingerprint density at radius 3 is 2.78 bits per heavy atom. The van der Waals surface area contributed by atoms with Crippen LogP contribution in [0.1, 0.15) is 19.4 Å². The Balaban J connectivity index is 2.13. The number of hydrogen-bond donors (Lipinski definition) is 2. The van der Waals surface area contributed by atoms with Crippen molar-refractivity contribution in [3.63, 3.8) is 0 Å². The van der Waals surface area contributed by atoms with Crippen molar-refractivity contribution in [3.05, 3.63) is 41.3 Å². The smallest absolute Gasteiger partial charge is 0.148 e. The second-order valence-corrected chi connectivity index (χ2v) is 5.80. The summed E-state index contributed by atoms with van der Waals surface area (Å²) in [6.07, 6.45) is 0. The Kier molecular flexibility index (Phi) is 2.50. The van der Waals surface area contributed by atoms with Crippen LogP contribution in [0.15, 0.2) is 35.7 Å². The van der Waals surface area contributed by atoms with Crippen LogP contribution < -0.4 is 0 Å². The van der Waals surface area contributed by atoms with Crippen molar-refractivity contribution in [3.8, 4) is 10.7 Å². The summed E-state index contributed by atoms with van der Waals surface area (Å²) >= 11 is 1.66. The Labute approximate surface area is 109 Å². The van der Waals surface area contributed by atoms with Crippen molar-refractivity contribution in [2.45, 2.75) is 19.4 Å². The largest absolute Gasteiger partial charge is 0.386 e. The van der Waals surface area contributed by atoms with Crippen LogP contribution in [0.3, 0.4) is 0 Å². The molecule has 0 aliphatic rings. The maximum Gasteiger partial charge on any atom is 0.148 e. The molecule has 18 heavy (non-hydrogen) atoms. The molecule has 0 atom stereocenters. The summed E-state index contributed by atoms with van der Waals surface area (Å²) in [7, 11) is 0. The van der Waals surface area contributed by atoms with E-state index in [-0.39, 0.29) is 0 Å². The predicted molar refractivity (Wildman–Crippen MR) is 74.7 cm³/mol. The van der Waals surface area contributed by atoms with Gasteiger partial charge in [-0.3, -0.25) is 0 Å². The maximum atomic E-state index is 10.0. The minimum Gasteiger partial charge on any atom is -0.386 e. The molecule has 2 N–H and O–H groups in total. The molecule has 3 aromatic rings. The number of thiophene rings is 1. The molecule has 0 radical (unpaired) electrons. The third kappa shape index (κ3) is 1.94. The molecule has 0 saturated heterocycles.